The van der Waals surface area contributed by atoms with Crippen molar-refractivity contribution in [1.29, 1.82) is 0 Å². The molecule has 0 bridgehead atoms. The van der Waals surface area contributed by atoms with Crippen molar-refractivity contribution in [3.05, 3.63) is 63.7 Å². The van der Waals surface area contributed by atoms with Gasteiger partial charge in [-0.15, -0.1) is 11.8 Å². The first-order valence-corrected chi connectivity index (χ1v) is 8.26. The van der Waals surface area contributed by atoms with Crippen LogP contribution in [0.1, 0.15) is 33.5 Å². The Morgan fingerprint density at radius 1 is 1.14 bits per heavy atom. The Bertz CT molecular complexity index is 697. The van der Waals surface area contributed by atoms with Gasteiger partial charge in [-0.25, -0.2) is 4.79 Å². The van der Waals surface area contributed by atoms with Gasteiger partial charge in [0.2, 0.25) is 0 Å². The Kier molecular flexibility index (Phi) is 4.22. The van der Waals surface area contributed by atoms with E-state index in [1.807, 2.05) is 6.07 Å². The summed E-state index contributed by atoms with van der Waals surface area (Å²) in [6.07, 6.45) is 3.63. The van der Waals surface area contributed by atoms with E-state index >= 15 is 0 Å². The largest absolute Gasteiger partial charge is 0.478 e. The second kappa shape index (κ2) is 6.12. The number of thioether (sulfide) groups is 1. The zero-order valence-electron chi connectivity index (χ0n) is 11.4. The monoisotopic (exact) mass is 318 g/mol. The fraction of sp³-hybridized carbons (Fsp3) is 0.235. The lowest BCUT2D eigenvalue weighted by Crippen LogP contribution is -1.97. The number of hydrogen-bond donors (Lipinski definition) is 1. The van der Waals surface area contributed by atoms with Gasteiger partial charge < -0.3 is 5.11 Å². The van der Waals surface area contributed by atoms with Gasteiger partial charge in [-0.3, -0.25) is 0 Å². The van der Waals surface area contributed by atoms with Gasteiger partial charge in [0.1, 0.15) is 0 Å². The lowest BCUT2D eigenvalue weighted by atomic mass is 10.1. The third-order valence-electron chi connectivity index (χ3n) is 3.74. The van der Waals surface area contributed by atoms with Gasteiger partial charge in [-0.1, -0.05) is 29.8 Å². The van der Waals surface area contributed by atoms with Crippen LogP contribution in [0, 0.1) is 0 Å². The van der Waals surface area contributed by atoms with Crippen LogP contribution in [0.25, 0.3) is 0 Å². The highest BCUT2D eigenvalue weighted by molar-refractivity contribution is 7.98. The van der Waals surface area contributed by atoms with Gasteiger partial charge in [-0.05, 0) is 54.2 Å². The molecule has 0 unspecified atom stereocenters. The summed E-state index contributed by atoms with van der Waals surface area (Å²) in [5.74, 6) is -0.145. The SMILES string of the molecule is O=C(O)c1cc(SCc2ccc3c(c2)CCC3)ccc1Cl. The predicted molar refractivity (Wildman–Crippen MR) is 86.4 cm³/mol. The maximum Gasteiger partial charge on any atom is 0.337 e. The summed E-state index contributed by atoms with van der Waals surface area (Å²) in [4.78, 5) is 12.0. The van der Waals surface area contributed by atoms with E-state index in [9.17, 15) is 4.79 Å². The summed E-state index contributed by atoms with van der Waals surface area (Å²) in [5, 5.41) is 9.37. The third kappa shape index (κ3) is 3.25. The standard InChI is InChI=1S/C17H15ClO2S/c18-16-7-6-14(9-15(16)17(19)20)21-10-11-4-5-12-2-1-3-13(12)8-11/h4-9H,1-3,10H2,(H,19,20). The zero-order chi connectivity index (χ0) is 14.8. The summed E-state index contributed by atoms with van der Waals surface area (Å²) in [6, 6.07) is 11.8. The molecular weight excluding hydrogens is 304 g/mol. The van der Waals surface area contributed by atoms with Crippen molar-refractivity contribution in [2.45, 2.75) is 29.9 Å². The molecule has 0 amide bonds. The van der Waals surface area contributed by atoms with Gasteiger partial charge in [0.15, 0.2) is 0 Å². The van der Waals surface area contributed by atoms with Gasteiger partial charge in [0, 0.05) is 10.6 Å². The molecule has 0 radical (unpaired) electrons. The van der Waals surface area contributed by atoms with E-state index in [0.717, 1.165) is 10.6 Å². The molecule has 4 heteroatoms. The highest BCUT2D eigenvalue weighted by Crippen LogP contribution is 2.29. The first-order chi connectivity index (χ1) is 10.1. The third-order valence-corrected chi connectivity index (χ3v) is 5.13. The van der Waals surface area contributed by atoms with Crippen LogP contribution < -0.4 is 0 Å². The highest BCUT2D eigenvalue weighted by atomic mass is 35.5. The van der Waals surface area contributed by atoms with Gasteiger partial charge >= 0.3 is 5.97 Å². The van der Waals surface area contributed by atoms with E-state index in [1.165, 1.54) is 36.0 Å². The van der Waals surface area contributed by atoms with Crippen LogP contribution in [-0.2, 0) is 18.6 Å². The van der Waals surface area contributed by atoms with Gasteiger partial charge in [0.25, 0.3) is 0 Å². The second-order valence-corrected chi connectivity index (χ2v) is 6.65. The molecule has 0 saturated carbocycles. The van der Waals surface area contributed by atoms with E-state index in [4.69, 9.17) is 16.7 Å². The molecule has 2 aromatic rings. The first-order valence-electron chi connectivity index (χ1n) is 6.90. The molecule has 0 atom stereocenters. The highest BCUT2D eigenvalue weighted by Gasteiger charge is 2.12. The smallest absolute Gasteiger partial charge is 0.337 e. The minimum absolute atomic E-state index is 0.163. The molecule has 21 heavy (non-hydrogen) atoms. The van der Waals surface area contributed by atoms with E-state index in [-0.39, 0.29) is 10.6 Å². The van der Waals surface area contributed by atoms with Crippen LogP contribution in [0.3, 0.4) is 0 Å². The lowest BCUT2D eigenvalue weighted by Gasteiger charge is -2.07. The maximum absolute atomic E-state index is 11.1. The molecule has 1 aliphatic carbocycles. The number of benzene rings is 2. The number of carboxylic acid groups (broad SMARTS) is 1. The molecule has 1 aliphatic rings. The summed E-state index contributed by atoms with van der Waals surface area (Å²) in [6.45, 7) is 0. The van der Waals surface area contributed by atoms with E-state index in [2.05, 4.69) is 18.2 Å². The second-order valence-electron chi connectivity index (χ2n) is 5.19. The van der Waals surface area contributed by atoms with Crippen LogP contribution in [0.15, 0.2) is 41.3 Å². The van der Waals surface area contributed by atoms with Gasteiger partial charge in [-0.2, -0.15) is 0 Å². The van der Waals surface area contributed by atoms with Gasteiger partial charge in [0.05, 0.1) is 10.6 Å². The molecule has 0 aromatic heterocycles. The zero-order valence-corrected chi connectivity index (χ0v) is 13.0. The van der Waals surface area contributed by atoms with Crippen molar-refractivity contribution >= 4 is 29.3 Å². The summed E-state index contributed by atoms with van der Waals surface area (Å²) < 4.78 is 0. The summed E-state index contributed by atoms with van der Waals surface area (Å²) in [5.41, 5.74) is 4.39. The maximum atomic E-state index is 11.1. The van der Waals surface area contributed by atoms with Crippen molar-refractivity contribution in [2.24, 2.45) is 0 Å². The fourth-order valence-electron chi connectivity index (χ4n) is 2.64. The van der Waals surface area contributed by atoms with Crippen LogP contribution in [0.2, 0.25) is 5.02 Å². The molecule has 0 heterocycles. The normalized spacial score (nSPS) is 13.2. The van der Waals surface area contributed by atoms with Crippen LogP contribution in [0.4, 0.5) is 0 Å². The molecule has 2 nitrogen and oxygen atoms in total. The quantitative estimate of drug-likeness (QED) is 0.821. The molecule has 3 rings (SSSR count). The van der Waals surface area contributed by atoms with Crippen LogP contribution in [-0.4, -0.2) is 11.1 Å². The lowest BCUT2D eigenvalue weighted by molar-refractivity contribution is 0.0697. The van der Waals surface area contributed by atoms with Crippen LogP contribution >= 0.6 is 23.4 Å². The molecule has 2 aromatic carbocycles. The molecular formula is C17H15ClO2S. The molecule has 108 valence electrons. The number of hydrogen-bond acceptors (Lipinski definition) is 2. The number of rotatable bonds is 4. The Morgan fingerprint density at radius 2 is 1.95 bits per heavy atom. The number of aryl methyl sites for hydroxylation is 2. The van der Waals surface area contributed by atoms with Crippen molar-refractivity contribution in [2.75, 3.05) is 0 Å². The minimum atomic E-state index is -0.986. The first kappa shape index (κ1) is 14.5. The number of carboxylic acids is 1. The number of carbonyl (C=O) groups is 1. The van der Waals surface area contributed by atoms with Crippen LogP contribution in [0.5, 0.6) is 0 Å². The number of fused-ring (bicyclic) bond motifs is 1. The number of halogens is 1. The van der Waals surface area contributed by atoms with Crippen molar-refractivity contribution in [3.8, 4) is 0 Å². The minimum Gasteiger partial charge on any atom is -0.478 e. The average Bonchev–Trinajstić information content (AvgIpc) is 2.93. The van der Waals surface area contributed by atoms with Crippen molar-refractivity contribution in [3.63, 3.8) is 0 Å². The fourth-order valence-corrected chi connectivity index (χ4v) is 3.72. The predicted octanol–water partition coefficient (Wildman–Crippen LogP) is 4.82. The number of aromatic carboxylic acids is 1. The molecule has 0 spiro atoms. The molecule has 0 saturated heterocycles. The van der Waals surface area contributed by atoms with E-state index in [0.29, 0.717) is 0 Å². The van der Waals surface area contributed by atoms with E-state index in [1.54, 1.807) is 23.9 Å². The Labute approximate surface area is 133 Å². The topological polar surface area (TPSA) is 37.3 Å². The van der Waals surface area contributed by atoms with E-state index < -0.39 is 5.97 Å². The van der Waals surface area contributed by atoms with Crippen molar-refractivity contribution < 1.29 is 9.90 Å². The average molecular weight is 319 g/mol. The Hall–Kier alpha value is -1.45. The molecule has 0 aliphatic heterocycles. The molecule has 0 fully saturated rings. The van der Waals surface area contributed by atoms with Crippen molar-refractivity contribution in [1.82, 2.24) is 0 Å². The summed E-state index contributed by atoms with van der Waals surface area (Å²) >= 11 is 7.52. The Morgan fingerprint density at radius 3 is 2.76 bits per heavy atom. The Balaban J connectivity index is 1.73. The molecule has 1 N–H and O–H groups in total. The summed E-state index contributed by atoms with van der Waals surface area (Å²) in [7, 11) is 0.